The van der Waals surface area contributed by atoms with Crippen LogP contribution in [0.25, 0.3) is 22.7 Å². The van der Waals surface area contributed by atoms with Gasteiger partial charge in [-0.1, -0.05) is 30.3 Å². The molecule has 0 radical (unpaired) electrons. The predicted molar refractivity (Wildman–Crippen MR) is 104 cm³/mol. The molecule has 1 aromatic heterocycles. The largest absolute Gasteiger partial charge is 0.507 e. The highest BCUT2D eigenvalue weighted by atomic mass is 16.5. The van der Waals surface area contributed by atoms with E-state index in [9.17, 15) is 15.2 Å². The van der Waals surface area contributed by atoms with Crippen molar-refractivity contribution in [1.82, 2.24) is 9.97 Å². The Kier molecular flexibility index (Phi) is 5.72. The molecular weight excluding hydrogens is 358 g/mol. The Morgan fingerprint density at radius 2 is 2.00 bits per heavy atom. The van der Waals surface area contributed by atoms with Crippen molar-refractivity contribution in [2.45, 2.75) is 0 Å². The summed E-state index contributed by atoms with van der Waals surface area (Å²) in [5.41, 5.74) is 2.02. The predicted octanol–water partition coefficient (Wildman–Crippen LogP) is 3.62. The highest BCUT2D eigenvalue weighted by Crippen LogP contribution is 2.20. The summed E-state index contributed by atoms with van der Waals surface area (Å²) in [6.45, 7) is -0.449. The van der Waals surface area contributed by atoms with Gasteiger partial charge in [-0.3, -0.25) is 0 Å². The first-order valence-electron chi connectivity index (χ1n) is 8.37. The third-order valence-corrected chi connectivity index (χ3v) is 3.92. The van der Waals surface area contributed by atoms with Crippen LogP contribution in [0, 0.1) is 11.3 Å². The summed E-state index contributed by atoms with van der Waals surface area (Å²) >= 11 is 0. The molecule has 0 saturated heterocycles. The smallest absolute Gasteiger partial charge is 0.331 e. The van der Waals surface area contributed by atoms with Gasteiger partial charge in [0.05, 0.1) is 18.1 Å². The molecule has 0 amide bonds. The first kappa shape index (κ1) is 18.7. The van der Waals surface area contributed by atoms with Gasteiger partial charge in [0.25, 0.3) is 0 Å². The number of aliphatic hydroxyl groups excluding tert-OH is 1. The van der Waals surface area contributed by atoms with Gasteiger partial charge in [-0.25, -0.2) is 9.78 Å². The van der Waals surface area contributed by atoms with Crippen molar-refractivity contribution < 1.29 is 19.4 Å². The number of aromatic nitrogens is 2. The number of allylic oxidation sites excluding steroid dienone is 1. The third-order valence-electron chi connectivity index (χ3n) is 3.92. The molecule has 2 aromatic carbocycles. The Labute approximate surface area is 161 Å². The third kappa shape index (κ3) is 4.19. The van der Waals surface area contributed by atoms with E-state index in [1.54, 1.807) is 30.3 Å². The Balaban J connectivity index is 1.70. The molecule has 0 aliphatic rings. The number of aliphatic hydroxyl groups is 1. The maximum absolute atomic E-state index is 11.9. The highest BCUT2D eigenvalue weighted by Gasteiger charge is 2.14. The minimum Gasteiger partial charge on any atom is -0.507 e. The number of esters is 1. The van der Waals surface area contributed by atoms with Gasteiger partial charge in [0.15, 0.2) is 11.6 Å². The fourth-order valence-electron chi connectivity index (χ4n) is 2.55. The van der Waals surface area contributed by atoms with E-state index in [0.717, 1.165) is 5.52 Å². The first-order chi connectivity index (χ1) is 13.6. The molecule has 0 bridgehead atoms. The quantitative estimate of drug-likeness (QED) is 0.295. The van der Waals surface area contributed by atoms with Crippen molar-refractivity contribution in [3.05, 3.63) is 71.8 Å². The minimum atomic E-state index is -0.667. The SMILES string of the molecule is COc1ccccc1/C=C/C(=O)OC/C(O)=C(\C#N)c1nc2ccccc2[nH]1. The Morgan fingerprint density at radius 1 is 1.25 bits per heavy atom. The van der Waals surface area contributed by atoms with Crippen LogP contribution in [-0.2, 0) is 9.53 Å². The summed E-state index contributed by atoms with van der Waals surface area (Å²) in [6, 6.07) is 16.3. The van der Waals surface area contributed by atoms with Gasteiger partial charge in [-0.05, 0) is 24.3 Å². The lowest BCUT2D eigenvalue weighted by Crippen LogP contribution is -2.06. The number of para-hydroxylation sites is 3. The van der Waals surface area contributed by atoms with Crippen LogP contribution in [0.1, 0.15) is 11.4 Å². The number of ether oxygens (including phenoxy) is 2. The zero-order chi connectivity index (χ0) is 19.9. The number of nitrogens with zero attached hydrogens (tertiary/aromatic N) is 2. The van der Waals surface area contributed by atoms with Crippen LogP contribution in [0.15, 0.2) is 60.4 Å². The van der Waals surface area contributed by atoms with Crippen LogP contribution in [0.3, 0.4) is 0 Å². The Bertz CT molecular complexity index is 1070. The number of carbonyl (C=O) groups is 1. The van der Waals surface area contributed by atoms with Crippen LogP contribution < -0.4 is 4.74 Å². The number of imidazole rings is 1. The summed E-state index contributed by atoms with van der Waals surface area (Å²) in [7, 11) is 1.54. The molecule has 0 spiro atoms. The van der Waals surface area contributed by atoms with E-state index in [0.29, 0.717) is 16.8 Å². The molecular formula is C21H17N3O4. The molecule has 140 valence electrons. The summed E-state index contributed by atoms with van der Waals surface area (Å²) in [6.07, 6.45) is 2.77. The van der Waals surface area contributed by atoms with Gasteiger partial charge in [0.1, 0.15) is 24.0 Å². The number of aromatic amines is 1. The molecule has 0 aliphatic carbocycles. The van der Waals surface area contributed by atoms with E-state index in [-0.39, 0.29) is 17.2 Å². The molecule has 0 saturated carbocycles. The van der Waals surface area contributed by atoms with Crippen LogP contribution in [-0.4, -0.2) is 34.8 Å². The molecule has 7 heteroatoms. The summed E-state index contributed by atoms with van der Waals surface area (Å²) in [5, 5.41) is 19.5. The number of nitrogens with one attached hydrogen (secondary N) is 1. The summed E-state index contributed by atoms with van der Waals surface area (Å²) < 4.78 is 10.2. The fourth-order valence-corrected chi connectivity index (χ4v) is 2.55. The second kappa shape index (κ2) is 8.56. The standard InChI is InChI=1S/C21H17N3O4/c1-27-19-9-5-2-6-14(19)10-11-20(26)28-13-18(25)15(12-22)21-23-16-7-3-4-8-17(16)24-21/h2-11,25H,13H2,1H3,(H,23,24)/b11-10+,18-15-. The molecule has 0 atom stereocenters. The van der Waals surface area contributed by atoms with Gasteiger partial charge in [-0.15, -0.1) is 0 Å². The zero-order valence-electron chi connectivity index (χ0n) is 15.0. The molecule has 0 unspecified atom stereocenters. The van der Waals surface area contributed by atoms with E-state index in [1.807, 2.05) is 30.3 Å². The van der Waals surface area contributed by atoms with Crippen LogP contribution in [0.5, 0.6) is 5.75 Å². The second-order valence-electron chi connectivity index (χ2n) is 5.72. The molecule has 3 rings (SSSR count). The number of hydrogen-bond acceptors (Lipinski definition) is 6. The van der Waals surface area contributed by atoms with Gasteiger partial charge in [-0.2, -0.15) is 5.26 Å². The van der Waals surface area contributed by atoms with E-state index >= 15 is 0 Å². The molecule has 0 fully saturated rings. The molecule has 1 heterocycles. The monoisotopic (exact) mass is 375 g/mol. The number of hydrogen-bond donors (Lipinski definition) is 2. The van der Waals surface area contributed by atoms with Crippen LogP contribution in [0.4, 0.5) is 0 Å². The van der Waals surface area contributed by atoms with Gasteiger partial charge in [0, 0.05) is 11.6 Å². The average molecular weight is 375 g/mol. The number of benzene rings is 2. The number of methoxy groups -OCH3 is 1. The van der Waals surface area contributed by atoms with Crippen molar-refractivity contribution in [3.8, 4) is 11.8 Å². The Hall–Kier alpha value is -4.05. The average Bonchev–Trinajstić information content (AvgIpc) is 3.15. The lowest BCUT2D eigenvalue weighted by molar-refractivity contribution is -0.137. The number of carbonyl (C=O) groups excluding carboxylic acids is 1. The van der Waals surface area contributed by atoms with Crippen molar-refractivity contribution >= 4 is 28.7 Å². The molecule has 0 aliphatic heterocycles. The van der Waals surface area contributed by atoms with E-state index in [2.05, 4.69) is 9.97 Å². The maximum atomic E-state index is 11.9. The van der Waals surface area contributed by atoms with Gasteiger partial charge in [0.2, 0.25) is 0 Å². The summed E-state index contributed by atoms with van der Waals surface area (Å²) in [5.74, 6) is -0.229. The Morgan fingerprint density at radius 3 is 2.75 bits per heavy atom. The number of H-pyrrole nitrogens is 1. The maximum Gasteiger partial charge on any atom is 0.331 e. The van der Waals surface area contributed by atoms with Crippen molar-refractivity contribution in [1.29, 1.82) is 5.26 Å². The molecule has 7 nitrogen and oxygen atoms in total. The first-order valence-corrected chi connectivity index (χ1v) is 8.37. The second-order valence-corrected chi connectivity index (χ2v) is 5.72. The van der Waals surface area contributed by atoms with Crippen molar-refractivity contribution in [2.24, 2.45) is 0 Å². The number of nitriles is 1. The fraction of sp³-hybridized carbons (Fsp3) is 0.0952. The van der Waals surface area contributed by atoms with E-state index in [1.165, 1.54) is 13.2 Å². The highest BCUT2D eigenvalue weighted by molar-refractivity contribution is 5.88. The summed E-state index contributed by atoms with van der Waals surface area (Å²) in [4.78, 5) is 19.1. The lowest BCUT2D eigenvalue weighted by atomic mass is 10.2. The molecule has 28 heavy (non-hydrogen) atoms. The van der Waals surface area contributed by atoms with E-state index < -0.39 is 12.6 Å². The topological polar surface area (TPSA) is 108 Å². The zero-order valence-corrected chi connectivity index (χ0v) is 15.0. The number of rotatable bonds is 6. The normalized spacial score (nSPS) is 11.9. The van der Waals surface area contributed by atoms with Gasteiger partial charge >= 0.3 is 5.97 Å². The minimum absolute atomic E-state index is 0.0855. The van der Waals surface area contributed by atoms with Crippen molar-refractivity contribution in [2.75, 3.05) is 13.7 Å². The van der Waals surface area contributed by atoms with E-state index in [4.69, 9.17) is 9.47 Å². The van der Waals surface area contributed by atoms with Crippen LogP contribution in [0.2, 0.25) is 0 Å². The lowest BCUT2D eigenvalue weighted by Gasteiger charge is -2.04. The van der Waals surface area contributed by atoms with Crippen molar-refractivity contribution in [3.63, 3.8) is 0 Å². The van der Waals surface area contributed by atoms with Crippen LogP contribution >= 0.6 is 0 Å². The number of fused-ring (bicyclic) bond motifs is 1. The molecule has 3 aromatic rings. The molecule has 2 N–H and O–H groups in total. The van der Waals surface area contributed by atoms with Gasteiger partial charge < -0.3 is 19.6 Å².